The van der Waals surface area contributed by atoms with E-state index in [-0.39, 0.29) is 36.3 Å². The Morgan fingerprint density at radius 2 is 1.90 bits per heavy atom. The quantitative estimate of drug-likeness (QED) is 0.291. The Morgan fingerprint density at radius 3 is 2.47 bits per heavy atom. The largest absolute Gasteiger partial charge is 0.497 e. The molecule has 1 heterocycles. The third kappa shape index (κ3) is 6.71. The fourth-order valence-electron chi connectivity index (χ4n) is 3.20. The molecule has 0 spiro atoms. The zero-order valence-electron chi connectivity index (χ0n) is 18.0. The Hall–Kier alpha value is -2.11. The van der Waals surface area contributed by atoms with Gasteiger partial charge in [0.25, 0.3) is 0 Å². The van der Waals surface area contributed by atoms with E-state index in [1.807, 2.05) is 11.7 Å². The van der Waals surface area contributed by atoms with Crippen LogP contribution in [0.25, 0.3) is 0 Å². The average Bonchev–Trinajstić information content (AvgIpc) is 3.03. The third-order valence-electron chi connectivity index (χ3n) is 4.61. The molecule has 0 saturated carbocycles. The third-order valence-corrected chi connectivity index (χ3v) is 4.61. The molecule has 2 rings (SSSR count). The van der Waals surface area contributed by atoms with Gasteiger partial charge in [-0.25, -0.2) is 0 Å². The molecule has 0 aliphatic carbocycles. The summed E-state index contributed by atoms with van der Waals surface area (Å²) < 4.78 is 37.1. The molecule has 0 aliphatic heterocycles. The van der Waals surface area contributed by atoms with Crippen LogP contribution in [-0.2, 0) is 33.0 Å². The second kappa shape index (κ2) is 12.6. The molecule has 0 fully saturated rings. The van der Waals surface area contributed by atoms with Gasteiger partial charge in [0.2, 0.25) is 0 Å². The highest BCUT2D eigenvalue weighted by Crippen LogP contribution is 2.25. The molecule has 10 heteroatoms. The van der Waals surface area contributed by atoms with Crippen LogP contribution >= 0.6 is 24.0 Å². The SMILES string of the molecule is CCc1nn(C)c(CC)c1CNC(=NC)NCc1cc(OC)ccc1OC(F)F.I. The summed E-state index contributed by atoms with van der Waals surface area (Å²) in [6.07, 6.45) is 1.72. The molecular weight excluding hydrogens is 507 g/mol. The van der Waals surface area contributed by atoms with Crippen LogP contribution in [0.1, 0.15) is 36.4 Å². The standard InChI is InChI=1S/C20H29F2N5O2.HI/c1-6-16-15(17(7-2)27(4)26-16)12-25-20(23-3)24-11-13-10-14(28-5)8-9-18(13)29-19(21)22;/h8-10,19H,6-7,11-12H2,1-5H3,(H2,23,24,25);1H. The van der Waals surface area contributed by atoms with E-state index in [2.05, 4.69) is 39.3 Å². The molecule has 0 unspecified atom stereocenters. The number of hydrogen-bond donors (Lipinski definition) is 2. The monoisotopic (exact) mass is 537 g/mol. The van der Waals surface area contributed by atoms with E-state index in [0.29, 0.717) is 23.8 Å². The molecule has 0 atom stereocenters. The summed E-state index contributed by atoms with van der Waals surface area (Å²) in [4.78, 5) is 4.22. The van der Waals surface area contributed by atoms with Gasteiger partial charge in [-0.1, -0.05) is 13.8 Å². The number of aromatic nitrogens is 2. The van der Waals surface area contributed by atoms with E-state index in [0.717, 1.165) is 24.1 Å². The number of ether oxygens (including phenoxy) is 2. The first-order chi connectivity index (χ1) is 13.9. The second-order valence-electron chi connectivity index (χ2n) is 6.33. The normalized spacial score (nSPS) is 11.3. The van der Waals surface area contributed by atoms with Gasteiger partial charge in [0, 0.05) is 44.0 Å². The summed E-state index contributed by atoms with van der Waals surface area (Å²) in [6, 6.07) is 4.70. The Balaban J connectivity index is 0.00000450. The van der Waals surface area contributed by atoms with E-state index in [9.17, 15) is 8.78 Å². The lowest BCUT2D eigenvalue weighted by atomic mass is 10.1. The number of methoxy groups -OCH3 is 1. The lowest BCUT2D eigenvalue weighted by Crippen LogP contribution is -2.36. The van der Waals surface area contributed by atoms with E-state index < -0.39 is 6.61 Å². The number of guanidine groups is 1. The highest BCUT2D eigenvalue weighted by molar-refractivity contribution is 14.0. The average molecular weight is 537 g/mol. The van der Waals surface area contributed by atoms with Gasteiger partial charge in [0.1, 0.15) is 11.5 Å². The summed E-state index contributed by atoms with van der Waals surface area (Å²) in [7, 11) is 5.12. The van der Waals surface area contributed by atoms with E-state index in [4.69, 9.17) is 4.74 Å². The van der Waals surface area contributed by atoms with Crippen molar-refractivity contribution < 1.29 is 18.3 Å². The minimum absolute atomic E-state index is 0. The zero-order valence-corrected chi connectivity index (χ0v) is 20.3. The number of benzene rings is 1. The molecular formula is C20H30F2IN5O2. The number of nitrogens with one attached hydrogen (secondary N) is 2. The summed E-state index contributed by atoms with van der Waals surface area (Å²) in [5.74, 6) is 1.20. The summed E-state index contributed by atoms with van der Waals surface area (Å²) in [5.41, 5.74) is 3.92. The molecule has 0 amide bonds. The van der Waals surface area contributed by atoms with Crippen molar-refractivity contribution in [3.05, 3.63) is 40.7 Å². The van der Waals surface area contributed by atoms with Crippen molar-refractivity contribution in [2.75, 3.05) is 14.2 Å². The molecule has 0 aliphatic rings. The Kier molecular flexibility index (Phi) is 10.8. The van der Waals surface area contributed by atoms with E-state index in [1.54, 1.807) is 19.2 Å². The van der Waals surface area contributed by atoms with Gasteiger partial charge in [-0.3, -0.25) is 9.67 Å². The predicted octanol–water partition coefficient (Wildman–Crippen LogP) is 3.64. The minimum atomic E-state index is -2.90. The molecule has 0 saturated heterocycles. The lowest BCUT2D eigenvalue weighted by molar-refractivity contribution is -0.0504. The topological polar surface area (TPSA) is 72.7 Å². The molecule has 30 heavy (non-hydrogen) atoms. The lowest BCUT2D eigenvalue weighted by Gasteiger charge is -2.16. The number of alkyl halides is 2. The van der Waals surface area contributed by atoms with Crippen molar-refractivity contribution in [1.82, 2.24) is 20.4 Å². The molecule has 1 aromatic heterocycles. The highest BCUT2D eigenvalue weighted by atomic mass is 127. The first-order valence-corrected chi connectivity index (χ1v) is 9.53. The van der Waals surface area contributed by atoms with Gasteiger partial charge in [-0.15, -0.1) is 24.0 Å². The number of aryl methyl sites for hydroxylation is 2. The van der Waals surface area contributed by atoms with Crippen molar-refractivity contribution in [1.29, 1.82) is 0 Å². The van der Waals surface area contributed by atoms with Crippen LogP contribution in [0.2, 0.25) is 0 Å². The number of halogens is 3. The van der Waals surface area contributed by atoms with Crippen LogP contribution in [0.3, 0.4) is 0 Å². The van der Waals surface area contributed by atoms with E-state index in [1.165, 1.54) is 18.9 Å². The minimum Gasteiger partial charge on any atom is -0.497 e. The second-order valence-corrected chi connectivity index (χ2v) is 6.33. The van der Waals surface area contributed by atoms with Gasteiger partial charge in [-0.2, -0.15) is 13.9 Å². The fourth-order valence-corrected chi connectivity index (χ4v) is 3.20. The smallest absolute Gasteiger partial charge is 0.387 e. The van der Waals surface area contributed by atoms with Crippen LogP contribution in [0.15, 0.2) is 23.2 Å². The molecule has 1 aromatic carbocycles. The number of nitrogens with zero attached hydrogens (tertiary/aromatic N) is 3. The van der Waals surface area contributed by atoms with Gasteiger partial charge < -0.3 is 20.1 Å². The van der Waals surface area contributed by atoms with Gasteiger partial charge in [0.05, 0.1) is 12.8 Å². The van der Waals surface area contributed by atoms with E-state index >= 15 is 0 Å². The number of hydrogen-bond acceptors (Lipinski definition) is 4. The van der Waals surface area contributed by atoms with Gasteiger partial charge in [0.15, 0.2) is 5.96 Å². The highest BCUT2D eigenvalue weighted by Gasteiger charge is 2.15. The molecule has 168 valence electrons. The van der Waals surface area contributed by atoms with Gasteiger partial charge >= 0.3 is 6.61 Å². The molecule has 0 bridgehead atoms. The predicted molar refractivity (Wildman–Crippen MR) is 124 cm³/mol. The van der Waals surface area contributed by atoms with Crippen LogP contribution in [0.4, 0.5) is 8.78 Å². The van der Waals surface area contributed by atoms with Gasteiger partial charge in [-0.05, 0) is 31.0 Å². The summed E-state index contributed by atoms with van der Waals surface area (Å²) in [6.45, 7) is 2.09. The zero-order chi connectivity index (χ0) is 21.4. The molecule has 7 nitrogen and oxygen atoms in total. The Labute approximate surface area is 193 Å². The van der Waals surface area contributed by atoms with Crippen molar-refractivity contribution in [3.63, 3.8) is 0 Å². The Morgan fingerprint density at radius 1 is 1.20 bits per heavy atom. The first-order valence-electron chi connectivity index (χ1n) is 9.53. The van der Waals surface area contributed by atoms with Crippen LogP contribution in [0, 0.1) is 0 Å². The first kappa shape index (κ1) is 25.9. The fraction of sp³-hybridized carbons (Fsp3) is 0.500. The van der Waals surface area contributed by atoms with Crippen molar-refractivity contribution in [2.24, 2.45) is 12.0 Å². The number of aliphatic imine (C=N–C) groups is 1. The number of rotatable bonds is 9. The van der Waals surface area contributed by atoms with Crippen molar-refractivity contribution in [3.8, 4) is 11.5 Å². The van der Waals surface area contributed by atoms with Crippen molar-refractivity contribution in [2.45, 2.75) is 46.4 Å². The van der Waals surface area contributed by atoms with Crippen LogP contribution < -0.4 is 20.1 Å². The Bertz CT molecular complexity index is 843. The maximum atomic E-state index is 12.7. The van der Waals surface area contributed by atoms with Crippen molar-refractivity contribution >= 4 is 29.9 Å². The maximum absolute atomic E-state index is 12.7. The molecule has 2 aromatic rings. The molecule has 0 radical (unpaired) electrons. The van der Waals surface area contributed by atoms with Crippen LogP contribution in [-0.4, -0.2) is 36.5 Å². The maximum Gasteiger partial charge on any atom is 0.387 e. The summed E-state index contributed by atoms with van der Waals surface area (Å²) >= 11 is 0. The molecule has 2 N–H and O–H groups in total. The van der Waals surface area contributed by atoms with Crippen LogP contribution in [0.5, 0.6) is 11.5 Å². The summed E-state index contributed by atoms with van der Waals surface area (Å²) in [5, 5.41) is 11.0.